The van der Waals surface area contributed by atoms with Crippen molar-refractivity contribution in [1.82, 2.24) is 4.98 Å². The number of anilines is 1. The first-order valence-electron chi connectivity index (χ1n) is 6.32. The van der Waals surface area contributed by atoms with Crippen molar-refractivity contribution in [2.24, 2.45) is 5.41 Å². The second-order valence-corrected chi connectivity index (χ2v) is 5.32. The van der Waals surface area contributed by atoms with Gasteiger partial charge in [-0.25, -0.2) is 4.98 Å². The predicted octanol–water partition coefficient (Wildman–Crippen LogP) is 2.38. The summed E-state index contributed by atoms with van der Waals surface area (Å²) in [5.74, 6) is 0.323. The fraction of sp³-hybridized carbons (Fsp3) is 0.538. The average molecular weight is 281 g/mol. The van der Waals surface area contributed by atoms with Crippen LogP contribution < -0.4 is 5.32 Å². The Morgan fingerprint density at radius 1 is 1.45 bits per heavy atom. The molecule has 0 aliphatic carbocycles. The third-order valence-corrected chi connectivity index (χ3v) is 2.43. The summed E-state index contributed by atoms with van der Waals surface area (Å²) in [5.41, 5.74) is -0.539. The molecule has 0 aliphatic heterocycles. The summed E-state index contributed by atoms with van der Waals surface area (Å²) in [6, 6.07) is 2.92. The Bertz CT molecular complexity index is 465. The molecule has 1 rings (SSSR count). The Kier molecular flexibility index (Phi) is 5.42. The van der Waals surface area contributed by atoms with Gasteiger partial charge in [-0.2, -0.15) is 0 Å². The first kappa shape index (κ1) is 15.9. The van der Waals surface area contributed by atoms with E-state index in [9.17, 15) is 14.9 Å². The van der Waals surface area contributed by atoms with Gasteiger partial charge in [0.25, 0.3) is 5.69 Å². The summed E-state index contributed by atoms with van der Waals surface area (Å²) >= 11 is 0. The predicted molar refractivity (Wildman–Crippen MR) is 74.4 cm³/mol. The van der Waals surface area contributed by atoms with E-state index in [1.165, 1.54) is 12.3 Å². The molecule has 0 unspecified atom stereocenters. The smallest absolute Gasteiger partial charge is 0.311 e. The number of nitrogens with zero attached hydrogens (tertiary/aromatic N) is 2. The van der Waals surface area contributed by atoms with Crippen LogP contribution in [0, 0.1) is 15.5 Å². The van der Waals surface area contributed by atoms with Crippen LogP contribution >= 0.6 is 0 Å². The highest BCUT2D eigenvalue weighted by atomic mass is 16.6. The molecule has 7 heteroatoms. The third-order valence-electron chi connectivity index (χ3n) is 2.43. The number of carbonyl (C=O) groups is 1. The van der Waals surface area contributed by atoms with Gasteiger partial charge in [-0.15, -0.1) is 0 Å². The van der Waals surface area contributed by atoms with Crippen molar-refractivity contribution in [2.75, 3.05) is 18.5 Å². The molecule has 20 heavy (non-hydrogen) atoms. The lowest BCUT2D eigenvalue weighted by Gasteiger charge is -2.16. The quantitative estimate of drug-likeness (QED) is 0.372. The minimum absolute atomic E-state index is 0.0466. The molecule has 0 saturated heterocycles. The highest BCUT2D eigenvalue weighted by Crippen LogP contribution is 2.15. The molecule has 0 fully saturated rings. The monoisotopic (exact) mass is 281 g/mol. The van der Waals surface area contributed by atoms with Crippen molar-refractivity contribution in [2.45, 2.75) is 27.2 Å². The first-order valence-corrected chi connectivity index (χ1v) is 6.32. The fourth-order valence-electron chi connectivity index (χ4n) is 1.27. The number of nitrogens with one attached hydrogen (secondary N) is 1. The number of esters is 1. The van der Waals surface area contributed by atoms with Crippen LogP contribution in [0.4, 0.5) is 11.5 Å². The molecule has 0 radical (unpaired) electrons. The van der Waals surface area contributed by atoms with Gasteiger partial charge >= 0.3 is 5.97 Å². The normalized spacial score (nSPS) is 10.9. The van der Waals surface area contributed by atoms with E-state index < -0.39 is 10.3 Å². The molecule has 1 N–H and O–H groups in total. The van der Waals surface area contributed by atoms with Gasteiger partial charge in [0, 0.05) is 12.6 Å². The summed E-state index contributed by atoms with van der Waals surface area (Å²) in [6.45, 7) is 6.30. The van der Waals surface area contributed by atoms with E-state index >= 15 is 0 Å². The molecule has 0 spiro atoms. The Labute approximate surface area is 117 Å². The minimum atomic E-state index is -0.497. The lowest BCUT2D eigenvalue weighted by molar-refractivity contribution is -0.385. The van der Waals surface area contributed by atoms with Gasteiger partial charge in [0.1, 0.15) is 12.0 Å². The second kappa shape index (κ2) is 6.83. The summed E-state index contributed by atoms with van der Waals surface area (Å²) in [5, 5.41) is 13.5. The Balaban J connectivity index is 2.25. The van der Waals surface area contributed by atoms with Crippen LogP contribution in [0.3, 0.4) is 0 Å². The van der Waals surface area contributed by atoms with Gasteiger partial charge in [0.15, 0.2) is 0 Å². The van der Waals surface area contributed by atoms with E-state index in [1.54, 1.807) is 26.8 Å². The number of nitro groups is 1. The van der Waals surface area contributed by atoms with Gasteiger partial charge in [0.05, 0.1) is 16.9 Å². The summed E-state index contributed by atoms with van der Waals surface area (Å²) in [7, 11) is 0. The molecular weight excluding hydrogens is 262 g/mol. The van der Waals surface area contributed by atoms with E-state index in [-0.39, 0.29) is 11.7 Å². The van der Waals surface area contributed by atoms with Crippen LogP contribution in [0.25, 0.3) is 0 Å². The molecule has 0 aliphatic rings. The number of hydrogen-bond acceptors (Lipinski definition) is 6. The van der Waals surface area contributed by atoms with Gasteiger partial charge < -0.3 is 10.1 Å². The van der Waals surface area contributed by atoms with Gasteiger partial charge in [-0.05, 0) is 33.3 Å². The zero-order chi connectivity index (χ0) is 15.2. The maximum absolute atomic E-state index is 11.5. The van der Waals surface area contributed by atoms with Gasteiger partial charge in [0.2, 0.25) is 0 Å². The van der Waals surface area contributed by atoms with Crippen LogP contribution in [0.1, 0.15) is 27.2 Å². The van der Waals surface area contributed by atoms with E-state index in [0.29, 0.717) is 25.4 Å². The van der Waals surface area contributed by atoms with Crippen LogP contribution in [0.2, 0.25) is 0 Å². The molecule has 0 saturated carbocycles. The van der Waals surface area contributed by atoms with Crippen molar-refractivity contribution in [3.8, 4) is 0 Å². The van der Waals surface area contributed by atoms with Crippen molar-refractivity contribution in [3.05, 3.63) is 28.4 Å². The number of aromatic nitrogens is 1. The van der Waals surface area contributed by atoms with E-state index in [0.717, 1.165) is 0 Å². The Morgan fingerprint density at radius 2 is 2.15 bits per heavy atom. The van der Waals surface area contributed by atoms with Crippen LogP contribution in [0.5, 0.6) is 0 Å². The molecular formula is C13H19N3O4. The lowest BCUT2D eigenvalue weighted by atomic mass is 9.97. The topological polar surface area (TPSA) is 94.4 Å². The number of pyridine rings is 1. The Morgan fingerprint density at radius 3 is 2.65 bits per heavy atom. The molecule has 1 aromatic heterocycles. The van der Waals surface area contributed by atoms with Crippen LogP contribution in [-0.2, 0) is 9.53 Å². The van der Waals surface area contributed by atoms with Crippen molar-refractivity contribution in [3.63, 3.8) is 0 Å². The standard InChI is InChI=1S/C13H19N3O4/c1-13(2,3)12(17)20-8-4-7-14-11-6-5-10(9-15-11)16(18)19/h5-6,9H,4,7-8H2,1-3H3,(H,14,15). The van der Waals surface area contributed by atoms with E-state index in [1.807, 2.05) is 0 Å². The van der Waals surface area contributed by atoms with Crippen molar-refractivity contribution >= 4 is 17.5 Å². The molecule has 0 aromatic carbocycles. The molecule has 110 valence electrons. The largest absolute Gasteiger partial charge is 0.465 e. The third kappa shape index (κ3) is 5.21. The first-order chi connectivity index (χ1) is 9.30. The molecule has 0 bridgehead atoms. The molecule has 0 atom stereocenters. The van der Waals surface area contributed by atoms with Gasteiger partial charge in [-0.3, -0.25) is 14.9 Å². The number of rotatable bonds is 6. The lowest BCUT2D eigenvalue weighted by Crippen LogP contribution is -2.23. The summed E-state index contributed by atoms with van der Waals surface area (Å²) < 4.78 is 5.11. The van der Waals surface area contributed by atoms with E-state index in [2.05, 4.69) is 10.3 Å². The average Bonchev–Trinajstić information content (AvgIpc) is 2.37. The summed E-state index contributed by atoms with van der Waals surface area (Å²) in [4.78, 5) is 25.3. The van der Waals surface area contributed by atoms with Crippen molar-refractivity contribution < 1.29 is 14.5 Å². The number of ether oxygens (including phenoxy) is 1. The maximum atomic E-state index is 11.5. The fourth-order valence-corrected chi connectivity index (χ4v) is 1.27. The van der Waals surface area contributed by atoms with Gasteiger partial charge in [-0.1, -0.05) is 0 Å². The highest BCUT2D eigenvalue weighted by Gasteiger charge is 2.22. The zero-order valence-corrected chi connectivity index (χ0v) is 11.9. The second-order valence-electron chi connectivity index (χ2n) is 5.32. The number of hydrogen-bond donors (Lipinski definition) is 1. The minimum Gasteiger partial charge on any atom is -0.465 e. The Hall–Kier alpha value is -2.18. The van der Waals surface area contributed by atoms with Crippen LogP contribution in [0.15, 0.2) is 18.3 Å². The van der Waals surface area contributed by atoms with Crippen molar-refractivity contribution in [1.29, 1.82) is 0 Å². The molecule has 1 heterocycles. The summed E-state index contributed by atoms with van der Waals surface area (Å²) in [6.07, 6.45) is 1.84. The highest BCUT2D eigenvalue weighted by molar-refractivity contribution is 5.75. The number of carbonyl (C=O) groups excluding carboxylic acids is 1. The zero-order valence-electron chi connectivity index (χ0n) is 11.9. The molecule has 0 amide bonds. The van der Waals surface area contributed by atoms with E-state index in [4.69, 9.17) is 4.74 Å². The van der Waals surface area contributed by atoms with Crippen LogP contribution in [-0.4, -0.2) is 29.0 Å². The molecule has 7 nitrogen and oxygen atoms in total. The SMILES string of the molecule is CC(C)(C)C(=O)OCCCNc1ccc([N+](=O)[O-])cn1. The molecule has 1 aromatic rings. The maximum Gasteiger partial charge on any atom is 0.311 e.